The summed E-state index contributed by atoms with van der Waals surface area (Å²) < 4.78 is 11.2. The summed E-state index contributed by atoms with van der Waals surface area (Å²) >= 11 is 0. The molecule has 1 aromatic rings. The summed E-state index contributed by atoms with van der Waals surface area (Å²) in [4.78, 5) is 10.8. The van der Waals surface area contributed by atoms with Crippen LogP contribution in [0.2, 0.25) is 0 Å². The molecule has 0 unspecified atom stereocenters. The van der Waals surface area contributed by atoms with Crippen molar-refractivity contribution >= 4 is 6.29 Å². The highest BCUT2D eigenvalue weighted by Crippen LogP contribution is 2.28. The molecule has 114 valence electrons. The number of benzene rings is 1. The normalized spacial score (nSPS) is 11.1. The Bertz CT molecular complexity index is 475. The van der Waals surface area contributed by atoms with Crippen molar-refractivity contribution in [1.82, 2.24) is 0 Å². The van der Waals surface area contributed by atoms with Gasteiger partial charge in [-0.15, -0.1) is 0 Å². The van der Waals surface area contributed by atoms with Crippen molar-refractivity contribution in [2.45, 2.75) is 33.1 Å². The Hall–Kier alpha value is -2.03. The van der Waals surface area contributed by atoms with Gasteiger partial charge in [0.05, 0.1) is 13.2 Å². The van der Waals surface area contributed by atoms with Gasteiger partial charge in [0.1, 0.15) is 6.29 Å². The summed E-state index contributed by atoms with van der Waals surface area (Å²) in [5.41, 5.74) is 0.591. The molecule has 21 heavy (non-hydrogen) atoms. The Balaban J connectivity index is 2.43. The fourth-order valence-electron chi connectivity index (χ4n) is 1.78. The Morgan fingerprint density at radius 1 is 1.00 bits per heavy atom. The van der Waals surface area contributed by atoms with E-state index in [1.54, 1.807) is 18.2 Å². The van der Waals surface area contributed by atoms with Gasteiger partial charge in [-0.1, -0.05) is 31.2 Å². The summed E-state index contributed by atoms with van der Waals surface area (Å²) in [6.45, 7) is 5.17. The standard InChI is InChI=1S/C18H24O3/c1-3-5-6-7-8-9-10-13-21-17-12-11-16(15-19)14-18(17)20-4-2/h5-6,8-9,11-12,14-15H,3-4,7,10,13H2,1-2H3/b6-5-,9-8-. The van der Waals surface area contributed by atoms with Gasteiger partial charge in [-0.3, -0.25) is 4.79 Å². The van der Waals surface area contributed by atoms with E-state index < -0.39 is 0 Å². The zero-order valence-electron chi connectivity index (χ0n) is 12.9. The van der Waals surface area contributed by atoms with Gasteiger partial charge in [-0.05, 0) is 44.4 Å². The lowest BCUT2D eigenvalue weighted by atomic mass is 10.2. The van der Waals surface area contributed by atoms with Crippen molar-refractivity contribution in [1.29, 1.82) is 0 Å². The molecule has 1 aromatic carbocycles. The van der Waals surface area contributed by atoms with Crippen LogP contribution in [0.15, 0.2) is 42.5 Å². The monoisotopic (exact) mass is 288 g/mol. The third-order valence-electron chi connectivity index (χ3n) is 2.79. The predicted octanol–water partition coefficient (Wildman–Crippen LogP) is 4.58. The molecular weight excluding hydrogens is 264 g/mol. The average molecular weight is 288 g/mol. The molecular formula is C18H24O3. The van der Waals surface area contributed by atoms with Gasteiger partial charge < -0.3 is 9.47 Å². The van der Waals surface area contributed by atoms with Crippen molar-refractivity contribution in [2.24, 2.45) is 0 Å². The van der Waals surface area contributed by atoms with Crippen LogP contribution < -0.4 is 9.47 Å². The van der Waals surface area contributed by atoms with Crippen LogP contribution in [-0.2, 0) is 0 Å². The van der Waals surface area contributed by atoms with Gasteiger partial charge in [0.15, 0.2) is 11.5 Å². The highest BCUT2D eigenvalue weighted by atomic mass is 16.5. The molecule has 0 amide bonds. The molecule has 0 aliphatic heterocycles. The van der Waals surface area contributed by atoms with E-state index in [1.165, 1.54) is 0 Å². The van der Waals surface area contributed by atoms with Crippen molar-refractivity contribution in [2.75, 3.05) is 13.2 Å². The first-order chi connectivity index (χ1) is 10.3. The summed E-state index contributed by atoms with van der Waals surface area (Å²) in [6, 6.07) is 5.22. The minimum Gasteiger partial charge on any atom is -0.490 e. The van der Waals surface area contributed by atoms with Crippen LogP contribution >= 0.6 is 0 Å². The highest BCUT2D eigenvalue weighted by Gasteiger charge is 2.05. The van der Waals surface area contributed by atoms with Crippen molar-refractivity contribution in [3.05, 3.63) is 48.1 Å². The summed E-state index contributed by atoms with van der Waals surface area (Å²) in [6.07, 6.45) is 12.3. The van der Waals surface area contributed by atoms with Gasteiger partial charge in [0.2, 0.25) is 0 Å². The summed E-state index contributed by atoms with van der Waals surface area (Å²) in [7, 11) is 0. The first-order valence-electron chi connectivity index (χ1n) is 7.46. The van der Waals surface area contributed by atoms with E-state index in [2.05, 4.69) is 31.2 Å². The molecule has 3 nitrogen and oxygen atoms in total. The van der Waals surface area contributed by atoms with E-state index in [0.717, 1.165) is 25.5 Å². The van der Waals surface area contributed by atoms with E-state index in [4.69, 9.17) is 9.47 Å². The second-order valence-electron chi connectivity index (χ2n) is 4.48. The maximum absolute atomic E-state index is 10.8. The van der Waals surface area contributed by atoms with E-state index in [1.807, 2.05) is 6.92 Å². The third kappa shape index (κ3) is 6.80. The molecule has 0 bridgehead atoms. The molecule has 0 saturated heterocycles. The minimum absolute atomic E-state index is 0.544. The van der Waals surface area contributed by atoms with Gasteiger partial charge in [0, 0.05) is 5.56 Å². The van der Waals surface area contributed by atoms with Crippen LogP contribution in [-0.4, -0.2) is 19.5 Å². The maximum atomic E-state index is 10.8. The zero-order chi connectivity index (χ0) is 15.3. The number of aldehydes is 1. The first-order valence-corrected chi connectivity index (χ1v) is 7.46. The fourth-order valence-corrected chi connectivity index (χ4v) is 1.78. The molecule has 0 aromatic heterocycles. The predicted molar refractivity (Wildman–Crippen MR) is 86.3 cm³/mol. The van der Waals surface area contributed by atoms with Gasteiger partial charge in [-0.25, -0.2) is 0 Å². The van der Waals surface area contributed by atoms with E-state index in [0.29, 0.717) is 30.3 Å². The van der Waals surface area contributed by atoms with E-state index in [9.17, 15) is 4.79 Å². The third-order valence-corrected chi connectivity index (χ3v) is 2.79. The molecule has 0 radical (unpaired) electrons. The lowest BCUT2D eigenvalue weighted by Gasteiger charge is -2.11. The second-order valence-corrected chi connectivity index (χ2v) is 4.48. The zero-order valence-corrected chi connectivity index (χ0v) is 12.9. The van der Waals surface area contributed by atoms with Gasteiger partial charge >= 0.3 is 0 Å². The van der Waals surface area contributed by atoms with Crippen molar-refractivity contribution in [3.63, 3.8) is 0 Å². The molecule has 0 saturated carbocycles. The SMILES string of the molecule is CC/C=C\C/C=C\CCOc1ccc(C=O)cc1OCC. The number of allylic oxidation sites excluding steroid dienone is 3. The number of hydrogen-bond acceptors (Lipinski definition) is 3. The lowest BCUT2D eigenvalue weighted by molar-refractivity contribution is 0.112. The molecule has 0 aliphatic rings. The quantitative estimate of drug-likeness (QED) is 0.359. The molecule has 0 spiro atoms. The van der Waals surface area contributed by atoms with Crippen LogP contribution in [0.25, 0.3) is 0 Å². The molecule has 0 heterocycles. The number of carbonyl (C=O) groups excluding carboxylic acids is 1. The van der Waals surface area contributed by atoms with E-state index >= 15 is 0 Å². The van der Waals surface area contributed by atoms with Crippen molar-refractivity contribution < 1.29 is 14.3 Å². The highest BCUT2D eigenvalue weighted by molar-refractivity contribution is 5.76. The largest absolute Gasteiger partial charge is 0.490 e. The van der Waals surface area contributed by atoms with Crippen LogP contribution in [0.5, 0.6) is 11.5 Å². The molecule has 3 heteroatoms. The Labute approximate surface area is 127 Å². The van der Waals surface area contributed by atoms with Crippen molar-refractivity contribution in [3.8, 4) is 11.5 Å². The molecule has 0 atom stereocenters. The lowest BCUT2D eigenvalue weighted by Crippen LogP contribution is -2.00. The molecule has 0 fully saturated rings. The number of carbonyl (C=O) groups is 1. The number of ether oxygens (including phenoxy) is 2. The van der Waals surface area contributed by atoms with E-state index in [-0.39, 0.29) is 0 Å². The van der Waals surface area contributed by atoms with Crippen LogP contribution in [0.1, 0.15) is 43.5 Å². The van der Waals surface area contributed by atoms with Crippen LogP contribution in [0.4, 0.5) is 0 Å². The first kappa shape index (κ1) is 17.0. The Morgan fingerprint density at radius 3 is 2.52 bits per heavy atom. The molecule has 1 rings (SSSR count). The van der Waals surface area contributed by atoms with Crippen LogP contribution in [0, 0.1) is 0 Å². The average Bonchev–Trinajstić information content (AvgIpc) is 2.51. The Morgan fingerprint density at radius 2 is 1.81 bits per heavy atom. The summed E-state index contributed by atoms with van der Waals surface area (Å²) in [5.74, 6) is 1.30. The maximum Gasteiger partial charge on any atom is 0.161 e. The topological polar surface area (TPSA) is 35.5 Å². The minimum atomic E-state index is 0.544. The van der Waals surface area contributed by atoms with Gasteiger partial charge in [-0.2, -0.15) is 0 Å². The Kier molecular flexibility index (Phi) is 8.69. The van der Waals surface area contributed by atoms with Crippen LogP contribution in [0.3, 0.4) is 0 Å². The fraction of sp³-hybridized carbons (Fsp3) is 0.389. The number of rotatable bonds is 10. The summed E-state index contributed by atoms with van der Waals surface area (Å²) in [5, 5.41) is 0. The molecule has 0 N–H and O–H groups in total. The van der Waals surface area contributed by atoms with Gasteiger partial charge in [0.25, 0.3) is 0 Å². The number of hydrogen-bond donors (Lipinski definition) is 0. The molecule has 0 aliphatic carbocycles. The smallest absolute Gasteiger partial charge is 0.161 e. The second kappa shape index (κ2) is 10.7.